The van der Waals surface area contributed by atoms with Crippen LogP contribution in [-0.4, -0.2) is 30.6 Å². The highest BCUT2D eigenvalue weighted by atomic mass is 32.2. The number of hydrogen-bond donors (Lipinski definition) is 1. The second-order valence-electron chi connectivity index (χ2n) is 5.73. The summed E-state index contributed by atoms with van der Waals surface area (Å²) in [5.41, 5.74) is 0.520. The summed E-state index contributed by atoms with van der Waals surface area (Å²) in [5.74, 6) is 1.08. The molecule has 0 unspecified atom stereocenters. The number of esters is 1. The topological polar surface area (TPSA) is 51.5 Å². The van der Waals surface area contributed by atoms with Crippen molar-refractivity contribution in [3.05, 3.63) is 23.2 Å². The highest BCUT2D eigenvalue weighted by Crippen LogP contribution is 2.38. The Morgan fingerprint density at radius 2 is 2.14 bits per heavy atom. The molecule has 1 N–H and O–H groups in total. The van der Waals surface area contributed by atoms with Crippen molar-refractivity contribution in [2.24, 2.45) is 0 Å². The fourth-order valence-electron chi connectivity index (χ4n) is 3.01. The number of aryl methyl sites for hydroxylation is 1. The molecule has 21 heavy (non-hydrogen) atoms. The minimum atomic E-state index is -0.338. The third-order valence-electron chi connectivity index (χ3n) is 4.32. The molecule has 0 spiro atoms. The van der Waals surface area contributed by atoms with Crippen LogP contribution in [0.1, 0.15) is 54.0 Å². The quantitative estimate of drug-likeness (QED) is 0.815. The van der Waals surface area contributed by atoms with Crippen molar-refractivity contribution in [3.63, 3.8) is 0 Å². The van der Waals surface area contributed by atoms with E-state index in [1.54, 1.807) is 13.0 Å². The van der Waals surface area contributed by atoms with Gasteiger partial charge in [0.2, 0.25) is 0 Å². The smallest absolute Gasteiger partial charge is 0.341 e. The number of thioether (sulfide) groups is 1. The molecule has 0 amide bonds. The number of nitrogens with one attached hydrogen (secondary N) is 1. The first kappa shape index (κ1) is 16.4. The lowest BCUT2D eigenvalue weighted by Crippen LogP contribution is -2.39. The molecular weight excluding hydrogens is 286 g/mol. The zero-order valence-electron chi connectivity index (χ0n) is 13.2. The molecular formula is C16H25NO3S. The van der Waals surface area contributed by atoms with E-state index in [4.69, 9.17) is 9.15 Å². The molecule has 1 aromatic rings. The van der Waals surface area contributed by atoms with E-state index in [-0.39, 0.29) is 5.97 Å². The molecule has 4 nitrogen and oxygen atoms in total. The molecule has 1 aliphatic carbocycles. The lowest BCUT2D eigenvalue weighted by molar-refractivity contribution is 0.0599. The van der Waals surface area contributed by atoms with Crippen molar-refractivity contribution >= 4 is 17.7 Å². The van der Waals surface area contributed by atoms with Gasteiger partial charge in [-0.3, -0.25) is 0 Å². The van der Waals surface area contributed by atoms with Crippen LogP contribution in [0.5, 0.6) is 0 Å². The first-order valence-electron chi connectivity index (χ1n) is 7.54. The Morgan fingerprint density at radius 3 is 2.76 bits per heavy atom. The van der Waals surface area contributed by atoms with E-state index < -0.39 is 0 Å². The third-order valence-corrected chi connectivity index (χ3v) is 5.74. The predicted molar refractivity (Wildman–Crippen MR) is 85.8 cm³/mol. The molecule has 0 aliphatic heterocycles. The van der Waals surface area contributed by atoms with Gasteiger partial charge in [-0.1, -0.05) is 19.3 Å². The molecule has 0 bridgehead atoms. The van der Waals surface area contributed by atoms with Crippen LogP contribution in [0, 0.1) is 6.92 Å². The Morgan fingerprint density at radius 1 is 1.43 bits per heavy atom. The Kier molecular flexibility index (Phi) is 5.76. The molecule has 1 aliphatic rings. The minimum absolute atomic E-state index is 0.338. The number of hydrogen-bond acceptors (Lipinski definition) is 5. The van der Waals surface area contributed by atoms with Crippen LogP contribution >= 0.6 is 11.8 Å². The van der Waals surface area contributed by atoms with E-state index in [0.29, 0.717) is 22.6 Å². The van der Waals surface area contributed by atoms with Gasteiger partial charge in [-0.15, -0.1) is 0 Å². The van der Waals surface area contributed by atoms with Crippen LogP contribution in [0.2, 0.25) is 0 Å². The number of methoxy groups -OCH3 is 1. The standard InChI is InChI=1S/C16H25NO3S/c1-12-14(15(18)19-2)9-13(20-12)10-17-11-16(21-3)7-5-4-6-8-16/h9,17H,4-8,10-11H2,1-3H3. The highest BCUT2D eigenvalue weighted by molar-refractivity contribution is 8.00. The van der Waals surface area contributed by atoms with Crippen LogP contribution in [0.3, 0.4) is 0 Å². The van der Waals surface area contributed by atoms with E-state index in [2.05, 4.69) is 11.6 Å². The van der Waals surface area contributed by atoms with Crippen LogP contribution in [0.25, 0.3) is 0 Å². The molecule has 0 aromatic carbocycles. The predicted octanol–water partition coefficient (Wildman–Crippen LogP) is 3.53. The van der Waals surface area contributed by atoms with E-state index in [9.17, 15) is 4.79 Å². The second-order valence-corrected chi connectivity index (χ2v) is 7.00. The van der Waals surface area contributed by atoms with Crippen LogP contribution < -0.4 is 5.32 Å². The average Bonchev–Trinajstić information content (AvgIpc) is 2.88. The van der Waals surface area contributed by atoms with Gasteiger partial charge in [0.1, 0.15) is 17.1 Å². The Bertz CT molecular complexity index is 478. The summed E-state index contributed by atoms with van der Waals surface area (Å²) in [6.07, 6.45) is 8.79. The molecule has 1 saturated carbocycles. The lowest BCUT2D eigenvalue weighted by Gasteiger charge is -2.35. The molecule has 118 valence electrons. The molecule has 0 atom stereocenters. The van der Waals surface area contributed by atoms with E-state index in [0.717, 1.165) is 12.3 Å². The molecule has 2 rings (SSSR count). The minimum Gasteiger partial charge on any atom is -0.465 e. The normalized spacial score (nSPS) is 17.7. The summed E-state index contributed by atoms with van der Waals surface area (Å²) < 4.78 is 10.7. The van der Waals surface area contributed by atoms with Crippen molar-refractivity contribution in [1.29, 1.82) is 0 Å². The van der Waals surface area contributed by atoms with Crippen molar-refractivity contribution in [3.8, 4) is 0 Å². The number of ether oxygens (including phenoxy) is 1. The van der Waals surface area contributed by atoms with Gasteiger partial charge in [0.05, 0.1) is 13.7 Å². The zero-order valence-corrected chi connectivity index (χ0v) is 14.0. The number of carbonyl (C=O) groups excluding carboxylic acids is 1. The zero-order chi connectivity index (χ0) is 15.3. The van der Waals surface area contributed by atoms with E-state index >= 15 is 0 Å². The average molecular weight is 311 g/mol. The fourth-order valence-corrected chi connectivity index (χ4v) is 3.95. The largest absolute Gasteiger partial charge is 0.465 e. The summed E-state index contributed by atoms with van der Waals surface area (Å²) in [7, 11) is 1.39. The summed E-state index contributed by atoms with van der Waals surface area (Å²) in [6.45, 7) is 3.43. The monoisotopic (exact) mass is 311 g/mol. The van der Waals surface area contributed by atoms with Crippen molar-refractivity contribution in [2.45, 2.75) is 50.3 Å². The van der Waals surface area contributed by atoms with Gasteiger partial charge in [0.25, 0.3) is 0 Å². The first-order chi connectivity index (χ1) is 10.1. The van der Waals surface area contributed by atoms with Gasteiger partial charge in [0, 0.05) is 11.3 Å². The maximum absolute atomic E-state index is 11.6. The van der Waals surface area contributed by atoms with Crippen molar-refractivity contribution in [2.75, 3.05) is 19.9 Å². The Labute approximate surface area is 131 Å². The van der Waals surface area contributed by atoms with Gasteiger partial charge in [-0.05, 0) is 32.1 Å². The van der Waals surface area contributed by atoms with Gasteiger partial charge >= 0.3 is 5.97 Å². The SMILES string of the molecule is COC(=O)c1cc(CNCC2(SC)CCCCC2)oc1C. The Hall–Kier alpha value is -0.940. The van der Waals surface area contributed by atoms with Gasteiger partial charge in [-0.25, -0.2) is 4.79 Å². The molecule has 1 fully saturated rings. The fraction of sp³-hybridized carbons (Fsp3) is 0.688. The van der Waals surface area contributed by atoms with E-state index in [1.165, 1.54) is 39.2 Å². The first-order valence-corrected chi connectivity index (χ1v) is 8.76. The second kappa shape index (κ2) is 7.36. The summed E-state index contributed by atoms with van der Waals surface area (Å²) in [6, 6.07) is 1.78. The molecule has 5 heteroatoms. The highest BCUT2D eigenvalue weighted by Gasteiger charge is 2.30. The van der Waals surface area contributed by atoms with Crippen molar-refractivity contribution in [1.82, 2.24) is 5.32 Å². The van der Waals surface area contributed by atoms with E-state index in [1.807, 2.05) is 11.8 Å². The number of rotatable bonds is 6. The summed E-state index contributed by atoms with van der Waals surface area (Å²) in [5, 5.41) is 3.49. The van der Waals surface area contributed by atoms with Crippen LogP contribution in [-0.2, 0) is 11.3 Å². The van der Waals surface area contributed by atoms with Crippen LogP contribution in [0.4, 0.5) is 0 Å². The van der Waals surface area contributed by atoms with Gasteiger partial charge in [-0.2, -0.15) is 11.8 Å². The van der Waals surface area contributed by atoms with Gasteiger partial charge < -0.3 is 14.5 Å². The summed E-state index contributed by atoms with van der Waals surface area (Å²) >= 11 is 1.98. The molecule has 1 aromatic heterocycles. The summed E-state index contributed by atoms with van der Waals surface area (Å²) in [4.78, 5) is 11.6. The van der Waals surface area contributed by atoms with Crippen LogP contribution in [0.15, 0.2) is 10.5 Å². The maximum atomic E-state index is 11.6. The lowest BCUT2D eigenvalue weighted by atomic mass is 9.88. The molecule has 1 heterocycles. The van der Waals surface area contributed by atoms with Crippen molar-refractivity contribution < 1.29 is 13.9 Å². The number of furan rings is 1. The Balaban J connectivity index is 1.89. The maximum Gasteiger partial charge on any atom is 0.341 e. The third kappa shape index (κ3) is 4.04. The molecule has 0 saturated heterocycles. The molecule has 0 radical (unpaired) electrons. The van der Waals surface area contributed by atoms with Gasteiger partial charge in [0.15, 0.2) is 0 Å². The number of carbonyl (C=O) groups is 1.